The lowest BCUT2D eigenvalue weighted by Crippen LogP contribution is -2.02. The summed E-state index contributed by atoms with van der Waals surface area (Å²) in [5.41, 5.74) is 1.66. The standard InChI is InChI=1S/C11H9BrFN3/c12-10-5-8(13)1-2-11(10)16-7-9-6-14-3-4-15-9/h1-6,16H,7H2. The maximum absolute atomic E-state index is 12.8. The molecule has 5 heteroatoms. The zero-order chi connectivity index (χ0) is 11.4. The lowest BCUT2D eigenvalue weighted by atomic mass is 10.3. The molecule has 16 heavy (non-hydrogen) atoms. The smallest absolute Gasteiger partial charge is 0.124 e. The molecule has 2 aromatic rings. The highest BCUT2D eigenvalue weighted by molar-refractivity contribution is 9.10. The third-order valence-corrected chi connectivity index (χ3v) is 2.66. The van der Waals surface area contributed by atoms with E-state index in [1.807, 2.05) is 0 Å². The van der Waals surface area contributed by atoms with E-state index in [1.165, 1.54) is 12.1 Å². The second-order valence-electron chi connectivity index (χ2n) is 3.17. The first kappa shape index (κ1) is 11.0. The van der Waals surface area contributed by atoms with Crippen LogP contribution in [0.3, 0.4) is 0 Å². The van der Waals surface area contributed by atoms with Gasteiger partial charge in [0.15, 0.2) is 0 Å². The second kappa shape index (κ2) is 5.03. The fourth-order valence-electron chi connectivity index (χ4n) is 1.24. The van der Waals surface area contributed by atoms with Crippen LogP contribution in [0.15, 0.2) is 41.3 Å². The van der Waals surface area contributed by atoms with Crippen LogP contribution in [0.1, 0.15) is 5.69 Å². The van der Waals surface area contributed by atoms with Gasteiger partial charge < -0.3 is 5.32 Å². The number of hydrogen-bond donors (Lipinski definition) is 1. The number of hydrogen-bond acceptors (Lipinski definition) is 3. The van der Waals surface area contributed by atoms with Gasteiger partial charge in [0.05, 0.1) is 18.4 Å². The van der Waals surface area contributed by atoms with Crippen molar-refractivity contribution < 1.29 is 4.39 Å². The number of benzene rings is 1. The first-order valence-corrected chi connectivity index (χ1v) is 5.49. The van der Waals surface area contributed by atoms with Gasteiger partial charge >= 0.3 is 0 Å². The Kier molecular flexibility index (Phi) is 3.46. The molecule has 0 unspecified atom stereocenters. The Balaban J connectivity index is 2.05. The Hall–Kier alpha value is -1.49. The van der Waals surface area contributed by atoms with E-state index >= 15 is 0 Å². The Morgan fingerprint density at radius 2 is 2.19 bits per heavy atom. The third kappa shape index (κ3) is 2.76. The molecule has 1 aromatic heterocycles. The van der Waals surface area contributed by atoms with Crippen LogP contribution in [0.5, 0.6) is 0 Å². The number of nitrogens with one attached hydrogen (secondary N) is 1. The van der Waals surface area contributed by atoms with Crippen LogP contribution in [0.25, 0.3) is 0 Å². The van der Waals surface area contributed by atoms with Gasteiger partial charge in [0, 0.05) is 22.6 Å². The molecule has 0 spiro atoms. The molecule has 1 N–H and O–H groups in total. The van der Waals surface area contributed by atoms with Crippen molar-refractivity contribution >= 4 is 21.6 Å². The topological polar surface area (TPSA) is 37.8 Å². The summed E-state index contributed by atoms with van der Waals surface area (Å²) >= 11 is 3.28. The van der Waals surface area contributed by atoms with E-state index in [0.29, 0.717) is 11.0 Å². The minimum absolute atomic E-state index is 0.267. The van der Waals surface area contributed by atoms with Crippen molar-refractivity contribution in [2.45, 2.75) is 6.54 Å². The fourth-order valence-corrected chi connectivity index (χ4v) is 1.73. The SMILES string of the molecule is Fc1ccc(NCc2cnccn2)c(Br)c1. The van der Waals surface area contributed by atoms with Gasteiger partial charge in [0.25, 0.3) is 0 Å². The summed E-state index contributed by atoms with van der Waals surface area (Å²) in [5, 5.41) is 3.14. The highest BCUT2D eigenvalue weighted by Gasteiger charge is 2.01. The Morgan fingerprint density at radius 1 is 1.31 bits per heavy atom. The van der Waals surface area contributed by atoms with Crippen molar-refractivity contribution in [3.05, 3.63) is 52.8 Å². The molecule has 0 aliphatic heterocycles. The molecular formula is C11H9BrFN3. The van der Waals surface area contributed by atoms with Crippen LogP contribution >= 0.6 is 15.9 Å². The number of rotatable bonds is 3. The van der Waals surface area contributed by atoms with Gasteiger partial charge in [0.2, 0.25) is 0 Å². The Labute approximate surface area is 101 Å². The molecule has 0 aliphatic rings. The molecule has 0 radical (unpaired) electrons. The molecular weight excluding hydrogens is 273 g/mol. The maximum atomic E-state index is 12.8. The lowest BCUT2D eigenvalue weighted by molar-refractivity contribution is 0.627. The van der Waals surface area contributed by atoms with Gasteiger partial charge in [-0.2, -0.15) is 0 Å². The molecule has 1 heterocycles. The van der Waals surface area contributed by atoms with Crippen molar-refractivity contribution in [1.82, 2.24) is 9.97 Å². The van der Waals surface area contributed by atoms with E-state index in [0.717, 1.165) is 11.4 Å². The summed E-state index contributed by atoms with van der Waals surface area (Å²) in [6.07, 6.45) is 4.94. The first-order valence-electron chi connectivity index (χ1n) is 4.69. The van der Waals surface area contributed by atoms with Crippen LogP contribution in [0, 0.1) is 5.82 Å². The number of anilines is 1. The van der Waals surface area contributed by atoms with Crippen LogP contribution in [-0.4, -0.2) is 9.97 Å². The van der Waals surface area contributed by atoms with E-state index in [4.69, 9.17) is 0 Å². The van der Waals surface area contributed by atoms with Crippen LogP contribution in [0.2, 0.25) is 0 Å². The van der Waals surface area contributed by atoms with Crippen molar-refractivity contribution in [3.63, 3.8) is 0 Å². The Morgan fingerprint density at radius 3 is 2.88 bits per heavy atom. The lowest BCUT2D eigenvalue weighted by Gasteiger charge is -2.07. The minimum Gasteiger partial charge on any atom is -0.378 e. The zero-order valence-corrected chi connectivity index (χ0v) is 9.91. The van der Waals surface area contributed by atoms with Gasteiger partial charge in [-0.05, 0) is 34.1 Å². The highest BCUT2D eigenvalue weighted by atomic mass is 79.9. The third-order valence-electron chi connectivity index (χ3n) is 2.01. The zero-order valence-electron chi connectivity index (χ0n) is 8.32. The Bertz CT molecular complexity index is 476. The van der Waals surface area contributed by atoms with Crippen molar-refractivity contribution in [2.75, 3.05) is 5.32 Å². The number of aromatic nitrogens is 2. The molecule has 1 aromatic carbocycles. The molecule has 3 nitrogen and oxygen atoms in total. The van der Waals surface area contributed by atoms with Crippen LogP contribution in [-0.2, 0) is 6.54 Å². The van der Waals surface area contributed by atoms with E-state index < -0.39 is 0 Å². The normalized spacial score (nSPS) is 10.1. The molecule has 0 fully saturated rings. The molecule has 0 saturated heterocycles. The summed E-state index contributed by atoms with van der Waals surface area (Å²) < 4.78 is 13.5. The summed E-state index contributed by atoms with van der Waals surface area (Å²) in [5.74, 6) is -0.267. The quantitative estimate of drug-likeness (QED) is 0.940. The van der Waals surface area contributed by atoms with Gasteiger partial charge in [0.1, 0.15) is 5.82 Å². The minimum atomic E-state index is -0.267. The average molecular weight is 282 g/mol. The van der Waals surface area contributed by atoms with Crippen molar-refractivity contribution in [2.24, 2.45) is 0 Å². The van der Waals surface area contributed by atoms with Crippen molar-refractivity contribution in [1.29, 1.82) is 0 Å². The summed E-state index contributed by atoms with van der Waals surface area (Å²) in [4.78, 5) is 8.09. The van der Waals surface area contributed by atoms with Crippen molar-refractivity contribution in [3.8, 4) is 0 Å². The highest BCUT2D eigenvalue weighted by Crippen LogP contribution is 2.23. The molecule has 2 rings (SSSR count). The van der Waals surface area contributed by atoms with Crippen LogP contribution < -0.4 is 5.32 Å². The van der Waals surface area contributed by atoms with Gasteiger partial charge in [-0.25, -0.2) is 4.39 Å². The van der Waals surface area contributed by atoms with Gasteiger partial charge in [-0.1, -0.05) is 0 Å². The van der Waals surface area contributed by atoms with E-state index in [1.54, 1.807) is 24.7 Å². The predicted octanol–water partition coefficient (Wildman–Crippen LogP) is 2.99. The molecule has 0 saturated carbocycles. The van der Waals surface area contributed by atoms with Gasteiger partial charge in [-0.3, -0.25) is 9.97 Å². The largest absolute Gasteiger partial charge is 0.378 e. The number of halogens is 2. The maximum Gasteiger partial charge on any atom is 0.124 e. The van der Waals surface area contributed by atoms with E-state index in [-0.39, 0.29) is 5.82 Å². The second-order valence-corrected chi connectivity index (χ2v) is 4.03. The molecule has 82 valence electrons. The first-order chi connectivity index (χ1) is 7.75. The molecule has 0 aliphatic carbocycles. The summed E-state index contributed by atoms with van der Waals surface area (Å²) in [6.45, 7) is 0.554. The molecule has 0 amide bonds. The summed E-state index contributed by atoms with van der Waals surface area (Å²) in [6, 6.07) is 4.50. The average Bonchev–Trinajstić information content (AvgIpc) is 2.29. The number of nitrogens with zero attached hydrogens (tertiary/aromatic N) is 2. The van der Waals surface area contributed by atoms with Crippen LogP contribution in [0.4, 0.5) is 10.1 Å². The fraction of sp³-hybridized carbons (Fsp3) is 0.0909. The summed E-state index contributed by atoms with van der Waals surface area (Å²) in [7, 11) is 0. The van der Waals surface area contributed by atoms with Gasteiger partial charge in [-0.15, -0.1) is 0 Å². The van der Waals surface area contributed by atoms with E-state index in [9.17, 15) is 4.39 Å². The molecule has 0 atom stereocenters. The monoisotopic (exact) mass is 281 g/mol. The predicted molar refractivity (Wildman–Crippen MR) is 63.5 cm³/mol. The van der Waals surface area contributed by atoms with E-state index in [2.05, 4.69) is 31.2 Å². The molecule has 0 bridgehead atoms.